The van der Waals surface area contributed by atoms with Gasteiger partial charge in [-0.05, 0) is 36.6 Å². The van der Waals surface area contributed by atoms with Gasteiger partial charge in [-0.1, -0.05) is 40.5 Å². The fraction of sp³-hybridized carbons (Fsp3) is 0.611. The Morgan fingerprint density at radius 1 is 0.944 bits per heavy atom. The van der Waals surface area contributed by atoms with E-state index >= 15 is 0 Å². The fourth-order valence-electron chi connectivity index (χ4n) is 3.93. The van der Waals surface area contributed by atoms with Crippen LogP contribution in [0.1, 0.15) is 67.7 Å². The number of hydrogen-bond donors (Lipinski definition) is 5. The van der Waals surface area contributed by atoms with Gasteiger partial charge in [0.25, 0.3) is 0 Å². The number of rotatable bonds is 10. The Morgan fingerprint density at radius 3 is 1.70 bits per heavy atom. The van der Waals surface area contributed by atoms with Gasteiger partial charge in [-0.3, -0.25) is 0 Å². The van der Waals surface area contributed by atoms with Gasteiger partial charge in [0, 0.05) is 85.0 Å². The smallest absolute Gasteiger partial charge is 0.465 e. The van der Waals surface area contributed by atoms with E-state index in [1.54, 1.807) is 24.4 Å². The molecule has 0 spiro atoms. The zero-order valence-electron chi connectivity index (χ0n) is 33.2. The minimum Gasteiger partial charge on any atom is -0.465 e. The molecule has 2 aromatic rings. The van der Waals surface area contributed by atoms with Crippen molar-refractivity contribution in [2.45, 2.75) is 59.5 Å². The summed E-state index contributed by atoms with van der Waals surface area (Å²) in [5.74, 6) is 1.44. The quantitative estimate of drug-likeness (QED) is 0.132. The number of nitrogens with zero attached hydrogens (tertiary/aromatic N) is 4. The molecule has 3 atom stereocenters. The number of aliphatic hydroxyl groups is 3. The Kier molecular flexibility index (Phi) is 39.0. The molecule has 0 aromatic carbocycles. The maximum Gasteiger partial charge on any atom is 0.484 e. The van der Waals surface area contributed by atoms with Crippen molar-refractivity contribution in [2.24, 2.45) is 5.92 Å². The number of carbonyl (C=O) groups is 2. The van der Waals surface area contributed by atoms with Crippen LogP contribution in [0.3, 0.4) is 0 Å². The Labute approximate surface area is 348 Å². The number of nitrogens with one attached hydrogen (secondary N) is 1. The zero-order valence-corrected chi connectivity index (χ0v) is 36.0. The third kappa shape index (κ3) is 27.3. The monoisotopic (exact) mass is 841 g/mol. The molecule has 0 saturated carbocycles. The van der Waals surface area contributed by atoms with Crippen LogP contribution in [0.5, 0.6) is 0 Å². The molecular formula is C36H63BN5O11Y-2. The van der Waals surface area contributed by atoms with Crippen molar-refractivity contribution < 1.29 is 86.2 Å². The second-order valence-corrected chi connectivity index (χ2v) is 11.2. The van der Waals surface area contributed by atoms with Crippen molar-refractivity contribution in [3.63, 3.8) is 0 Å². The molecule has 306 valence electrons. The molecular weight excluding hydrogens is 778 g/mol. The van der Waals surface area contributed by atoms with Crippen LogP contribution in [0.4, 0.5) is 11.6 Å². The van der Waals surface area contributed by atoms with Crippen LogP contribution in [0.25, 0.3) is 0 Å². The van der Waals surface area contributed by atoms with Crippen molar-refractivity contribution in [3.8, 4) is 0 Å². The number of aliphatic hydroxyl groups excluding tert-OH is 3. The van der Waals surface area contributed by atoms with Crippen LogP contribution in [-0.4, -0.2) is 143 Å². The van der Waals surface area contributed by atoms with Crippen LogP contribution in [0.15, 0.2) is 36.7 Å². The van der Waals surface area contributed by atoms with Crippen LogP contribution < -0.4 is 15.1 Å². The number of ether oxygens (including phenoxy) is 4. The van der Waals surface area contributed by atoms with Gasteiger partial charge >= 0.3 is 19.6 Å². The normalized spacial score (nSPS) is 16.0. The van der Waals surface area contributed by atoms with E-state index in [1.807, 2.05) is 11.0 Å². The zero-order chi connectivity index (χ0) is 40.4. The van der Waals surface area contributed by atoms with Crippen LogP contribution in [0, 0.1) is 19.8 Å². The molecule has 5 N–H and O–H groups in total. The molecule has 2 radical (unpaired) electrons. The maximum atomic E-state index is 11.2. The van der Waals surface area contributed by atoms with E-state index < -0.39 is 12.6 Å². The van der Waals surface area contributed by atoms with Gasteiger partial charge in [0.2, 0.25) is 0 Å². The molecule has 2 aliphatic rings. The molecule has 2 aromatic heterocycles. The molecule has 0 aliphatic carbocycles. The predicted molar refractivity (Wildman–Crippen MR) is 205 cm³/mol. The number of aromatic nitrogens is 2. The average Bonchev–Trinajstić information content (AvgIpc) is 3.20. The first-order valence-corrected chi connectivity index (χ1v) is 17.5. The fourth-order valence-corrected chi connectivity index (χ4v) is 3.93. The molecule has 4 rings (SSSR count). The van der Waals surface area contributed by atoms with Gasteiger partial charge in [0.1, 0.15) is 24.8 Å². The van der Waals surface area contributed by atoms with E-state index in [0.29, 0.717) is 44.4 Å². The Hall–Kier alpha value is -2.31. The number of methoxy groups -OCH3 is 2. The van der Waals surface area contributed by atoms with Gasteiger partial charge in [-0.25, -0.2) is 19.6 Å². The third-order valence-electron chi connectivity index (χ3n) is 6.70. The van der Waals surface area contributed by atoms with Crippen molar-refractivity contribution in [1.29, 1.82) is 0 Å². The molecule has 0 bridgehead atoms. The standard InChI is InChI=1S/C11H15N3O2.C11H14N2O2.C6H14O.C4H8O4.C3H8.CH4BO2.Y/c1-16-11(15)9-2-3-10(13-8-9)14-6-4-12-5-7-14;1-4-13(5-2)10-7-6-9(8-12-10)11(14)15-3;1-3-4-6(2)5-7;5-3-1-7-4(6)2-8-3;1-3-2;1-4-2-3;/h2-3,8,12H,4-7H2,1H3;6-8H,1-2,4-5H2,3H3;6-7H,3-5H2,1-2H3;3-6H,1-2H2;3H2,1-2H3;3H,1H3;/q;-2;;;;;. The Morgan fingerprint density at radius 2 is 1.41 bits per heavy atom. The molecule has 54 heavy (non-hydrogen) atoms. The summed E-state index contributed by atoms with van der Waals surface area (Å²) in [4.78, 5) is 34.8. The van der Waals surface area contributed by atoms with Gasteiger partial charge in [0.15, 0.2) is 12.6 Å². The third-order valence-corrected chi connectivity index (χ3v) is 6.70. The molecule has 0 amide bonds. The predicted octanol–water partition coefficient (Wildman–Crippen LogP) is 2.28. The van der Waals surface area contributed by atoms with E-state index in [2.05, 4.69) is 85.3 Å². The van der Waals surface area contributed by atoms with E-state index in [-0.39, 0.29) is 57.9 Å². The molecule has 3 unspecified atom stereocenters. The summed E-state index contributed by atoms with van der Waals surface area (Å²) in [5.41, 5.74) is 0.927. The average molecular weight is 842 g/mol. The molecule has 2 fully saturated rings. The summed E-state index contributed by atoms with van der Waals surface area (Å²) in [6, 6.07) is 7.03. The van der Waals surface area contributed by atoms with Gasteiger partial charge in [-0.2, -0.15) is 0 Å². The first kappa shape index (κ1) is 56.0. The van der Waals surface area contributed by atoms with Crippen molar-refractivity contribution in [1.82, 2.24) is 15.3 Å². The SMILES string of the molecule is CCC.CCCC(C)CO.COC(=O)c1ccc(N2CCNCC2)nc1.CO[B]O.OC1COC(O)CO1.[CH2-]CN(C[CH2-])c1ccc(C(=O)OC)cn1.[Y]. The Bertz CT molecular complexity index is 1130. The summed E-state index contributed by atoms with van der Waals surface area (Å²) in [7, 11) is 4.71. The molecule has 4 heterocycles. The second kappa shape index (κ2) is 37.6. The van der Waals surface area contributed by atoms with E-state index in [9.17, 15) is 9.59 Å². The summed E-state index contributed by atoms with van der Waals surface area (Å²) < 4.78 is 22.3. The number of pyridine rings is 2. The number of piperazine rings is 1. The molecule has 2 saturated heterocycles. The minimum atomic E-state index is -0.863. The van der Waals surface area contributed by atoms with Crippen LogP contribution in [-0.2, 0) is 56.3 Å². The van der Waals surface area contributed by atoms with Crippen LogP contribution >= 0.6 is 0 Å². The molecule has 16 nitrogen and oxygen atoms in total. The first-order valence-electron chi connectivity index (χ1n) is 17.5. The summed E-state index contributed by atoms with van der Waals surface area (Å²) >= 11 is 0. The molecule has 2 aliphatic heterocycles. The number of esters is 2. The number of carbonyl (C=O) groups excluding carboxylic acids is 2. The first-order chi connectivity index (χ1) is 25.5. The van der Waals surface area contributed by atoms with Crippen molar-refractivity contribution in [3.05, 3.63) is 61.6 Å². The van der Waals surface area contributed by atoms with Gasteiger partial charge < -0.3 is 72.9 Å². The second-order valence-electron chi connectivity index (χ2n) is 11.2. The summed E-state index contributed by atoms with van der Waals surface area (Å²) in [6.07, 6.45) is 4.90. The van der Waals surface area contributed by atoms with Gasteiger partial charge in [-0.15, -0.1) is 13.1 Å². The summed E-state index contributed by atoms with van der Waals surface area (Å²) in [5, 5.41) is 36.4. The largest absolute Gasteiger partial charge is 0.484 e. The van der Waals surface area contributed by atoms with E-state index in [1.165, 1.54) is 40.4 Å². The number of hydrogen-bond acceptors (Lipinski definition) is 16. The van der Waals surface area contributed by atoms with Gasteiger partial charge in [0.05, 0.1) is 25.3 Å². The molecule has 18 heteroatoms. The minimum absolute atomic E-state index is 0. The van der Waals surface area contributed by atoms with Crippen molar-refractivity contribution >= 4 is 31.3 Å². The van der Waals surface area contributed by atoms with Crippen molar-refractivity contribution in [2.75, 3.05) is 90.2 Å². The van der Waals surface area contributed by atoms with E-state index in [4.69, 9.17) is 20.3 Å². The topological polar surface area (TPSA) is 206 Å². The summed E-state index contributed by atoms with van der Waals surface area (Å²) in [6.45, 7) is 21.4. The maximum absolute atomic E-state index is 11.2. The Balaban J connectivity index is -0.000000629. The van der Waals surface area contributed by atoms with E-state index in [0.717, 1.165) is 44.2 Å². The number of anilines is 2. The van der Waals surface area contributed by atoms with Crippen LogP contribution in [0.2, 0.25) is 0 Å².